The molecule has 2 N–H and O–H groups in total. The van der Waals surface area contributed by atoms with Crippen LogP contribution < -0.4 is 5.73 Å². The van der Waals surface area contributed by atoms with Gasteiger partial charge in [0.05, 0.1) is 12.3 Å². The van der Waals surface area contributed by atoms with Gasteiger partial charge < -0.3 is 10.2 Å². The van der Waals surface area contributed by atoms with Crippen molar-refractivity contribution in [3.8, 4) is 11.1 Å². The Kier molecular flexibility index (Phi) is 4.97. The third-order valence-electron chi connectivity index (χ3n) is 4.72. The van der Waals surface area contributed by atoms with Crippen molar-refractivity contribution in [2.24, 2.45) is 0 Å². The van der Waals surface area contributed by atoms with Crippen LogP contribution >= 0.6 is 0 Å². The maximum atomic E-state index is 13.8. The van der Waals surface area contributed by atoms with E-state index in [4.69, 9.17) is 10.2 Å². The highest BCUT2D eigenvalue weighted by molar-refractivity contribution is 6.74. The molecule has 2 aromatic rings. The highest BCUT2D eigenvalue weighted by Crippen LogP contribution is 2.37. The molecule has 23 heavy (non-hydrogen) atoms. The Morgan fingerprint density at radius 1 is 1.09 bits per heavy atom. The van der Waals surface area contributed by atoms with Gasteiger partial charge in [0.25, 0.3) is 0 Å². The molecule has 0 spiro atoms. The van der Waals surface area contributed by atoms with Crippen LogP contribution in [0.4, 0.5) is 10.1 Å². The Hall–Kier alpha value is -1.65. The quantitative estimate of drug-likeness (QED) is 0.585. The maximum absolute atomic E-state index is 13.8. The maximum Gasteiger partial charge on any atom is 0.192 e. The van der Waals surface area contributed by atoms with E-state index in [1.165, 1.54) is 6.07 Å². The number of nitrogens with two attached hydrogens (primary N) is 1. The lowest BCUT2D eigenvalue weighted by Gasteiger charge is -2.36. The fourth-order valence-corrected chi connectivity index (χ4v) is 3.05. The third-order valence-corrected chi connectivity index (χ3v) is 9.20. The standard InChI is InChI=1S/C19H26FNOSi/c1-19(2,3)23(4,5)22-13-15-8-6-7-9-16(15)14-10-11-18(21)17(20)12-14/h6-12H,13,21H2,1-5H3. The summed E-state index contributed by atoms with van der Waals surface area (Å²) in [5.41, 5.74) is 8.63. The minimum atomic E-state index is -1.83. The SMILES string of the molecule is CC(C)(C)[Si](C)(C)OCc1ccccc1-c1ccc(N)c(F)c1. The number of rotatable bonds is 4. The van der Waals surface area contributed by atoms with Crippen molar-refractivity contribution in [1.82, 2.24) is 0 Å². The summed E-state index contributed by atoms with van der Waals surface area (Å²) in [5, 5.41) is 0.162. The molecule has 124 valence electrons. The van der Waals surface area contributed by atoms with Crippen LogP contribution in [0.15, 0.2) is 42.5 Å². The van der Waals surface area contributed by atoms with Crippen molar-refractivity contribution >= 4 is 14.0 Å². The zero-order valence-electron chi connectivity index (χ0n) is 14.6. The fraction of sp³-hybridized carbons (Fsp3) is 0.368. The van der Waals surface area contributed by atoms with Gasteiger partial charge >= 0.3 is 0 Å². The van der Waals surface area contributed by atoms with Gasteiger partial charge in [-0.3, -0.25) is 0 Å². The van der Waals surface area contributed by atoms with Crippen LogP contribution in [0.3, 0.4) is 0 Å². The van der Waals surface area contributed by atoms with E-state index in [1.54, 1.807) is 6.07 Å². The lowest BCUT2D eigenvalue weighted by molar-refractivity contribution is 0.277. The zero-order valence-corrected chi connectivity index (χ0v) is 15.6. The molecule has 0 saturated carbocycles. The lowest BCUT2D eigenvalue weighted by atomic mass is 10.00. The second-order valence-corrected chi connectivity index (χ2v) is 12.3. The number of hydrogen-bond acceptors (Lipinski definition) is 2. The van der Waals surface area contributed by atoms with Crippen molar-refractivity contribution in [1.29, 1.82) is 0 Å². The average Bonchev–Trinajstić information content (AvgIpc) is 2.47. The highest BCUT2D eigenvalue weighted by Gasteiger charge is 2.37. The Bertz CT molecular complexity index is 692. The van der Waals surface area contributed by atoms with E-state index in [0.29, 0.717) is 6.61 Å². The average molecular weight is 332 g/mol. The number of nitrogen functional groups attached to an aromatic ring is 1. The molecule has 0 radical (unpaired) electrons. The Morgan fingerprint density at radius 3 is 2.35 bits per heavy atom. The summed E-state index contributed by atoms with van der Waals surface area (Å²) in [5.74, 6) is -0.386. The highest BCUT2D eigenvalue weighted by atomic mass is 28.4. The molecule has 0 aliphatic rings. The third kappa shape index (κ3) is 4.01. The first-order chi connectivity index (χ1) is 10.6. The predicted molar refractivity (Wildman–Crippen MR) is 98.2 cm³/mol. The minimum Gasteiger partial charge on any atom is -0.413 e. The molecule has 4 heteroatoms. The van der Waals surface area contributed by atoms with Crippen molar-refractivity contribution in [3.63, 3.8) is 0 Å². The molecule has 0 amide bonds. The summed E-state index contributed by atoms with van der Waals surface area (Å²) in [6.45, 7) is 11.7. The molecule has 0 aliphatic heterocycles. The molecule has 2 aromatic carbocycles. The number of anilines is 1. The van der Waals surface area contributed by atoms with Crippen molar-refractivity contribution < 1.29 is 8.82 Å². The Labute approximate surface area is 139 Å². The molecule has 2 rings (SSSR count). The van der Waals surface area contributed by atoms with Gasteiger partial charge in [-0.1, -0.05) is 51.1 Å². The first-order valence-electron chi connectivity index (χ1n) is 7.89. The van der Waals surface area contributed by atoms with E-state index in [2.05, 4.69) is 33.9 Å². The zero-order chi connectivity index (χ0) is 17.3. The van der Waals surface area contributed by atoms with Crippen LogP contribution in [0.1, 0.15) is 26.3 Å². The van der Waals surface area contributed by atoms with Crippen LogP contribution in [0.25, 0.3) is 11.1 Å². The molecule has 0 fully saturated rings. The molecular formula is C19H26FNOSi. The van der Waals surface area contributed by atoms with Crippen molar-refractivity contribution in [3.05, 3.63) is 53.8 Å². The largest absolute Gasteiger partial charge is 0.413 e. The summed E-state index contributed by atoms with van der Waals surface area (Å²) >= 11 is 0. The van der Waals surface area contributed by atoms with E-state index in [9.17, 15) is 4.39 Å². The molecule has 2 nitrogen and oxygen atoms in total. The topological polar surface area (TPSA) is 35.2 Å². The van der Waals surface area contributed by atoms with Crippen LogP contribution in [0, 0.1) is 5.82 Å². The molecule has 0 bridgehead atoms. The monoisotopic (exact) mass is 331 g/mol. The van der Waals surface area contributed by atoms with E-state index in [0.717, 1.165) is 16.7 Å². The predicted octanol–water partition coefficient (Wildman–Crippen LogP) is 5.60. The molecule has 0 saturated heterocycles. The van der Waals surface area contributed by atoms with Gasteiger partial charge in [-0.05, 0) is 47.0 Å². The second kappa shape index (κ2) is 6.46. The van der Waals surface area contributed by atoms with Gasteiger partial charge in [-0.2, -0.15) is 0 Å². The van der Waals surface area contributed by atoms with Crippen LogP contribution in [0.2, 0.25) is 18.1 Å². The van der Waals surface area contributed by atoms with E-state index < -0.39 is 8.32 Å². The van der Waals surface area contributed by atoms with Gasteiger partial charge in [0.15, 0.2) is 8.32 Å². The van der Waals surface area contributed by atoms with Gasteiger partial charge in [-0.25, -0.2) is 4.39 Å². The first kappa shape index (κ1) is 17.7. The lowest BCUT2D eigenvalue weighted by Crippen LogP contribution is -2.40. The molecule has 0 heterocycles. The van der Waals surface area contributed by atoms with Crippen LogP contribution in [-0.4, -0.2) is 8.32 Å². The van der Waals surface area contributed by atoms with Crippen molar-refractivity contribution in [2.45, 2.75) is 45.5 Å². The summed E-state index contributed by atoms with van der Waals surface area (Å²) in [6.07, 6.45) is 0. The fourth-order valence-electron chi connectivity index (χ4n) is 2.10. The Balaban J connectivity index is 2.30. The van der Waals surface area contributed by atoms with Gasteiger partial charge in [0.1, 0.15) is 5.82 Å². The van der Waals surface area contributed by atoms with Crippen LogP contribution in [0.5, 0.6) is 0 Å². The molecule has 0 aromatic heterocycles. The number of hydrogen-bond donors (Lipinski definition) is 1. The summed E-state index contributed by atoms with van der Waals surface area (Å²) in [6, 6.07) is 12.9. The summed E-state index contributed by atoms with van der Waals surface area (Å²) < 4.78 is 20.1. The second-order valence-electron chi connectivity index (χ2n) is 7.44. The Morgan fingerprint density at radius 2 is 1.74 bits per heavy atom. The molecule has 0 unspecified atom stereocenters. The van der Waals surface area contributed by atoms with Crippen LogP contribution in [-0.2, 0) is 11.0 Å². The van der Waals surface area contributed by atoms with E-state index >= 15 is 0 Å². The molecule has 0 aliphatic carbocycles. The van der Waals surface area contributed by atoms with Gasteiger partial charge in [-0.15, -0.1) is 0 Å². The summed E-state index contributed by atoms with van der Waals surface area (Å²) in [4.78, 5) is 0. The summed E-state index contributed by atoms with van der Waals surface area (Å²) in [7, 11) is -1.83. The van der Waals surface area contributed by atoms with Crippen molar-refractivity contribution in [2.75, 3.05) is 5.73 Å². The smallest absolute Gasteiger partial charge is 0.192 e. The minimum absolute atomic E-state index is 0.162. The number of halogens is 1. The normalized spacial score (nSPS) is 12.4. The number of benzene rings is 2. The van der Waals surface area contributed by atoms with Gasteiger partial charge in [0.2, 0.25) is 0 Å². The van der Waals surface area contributed by atoms with E-state index in [-0.39, 0.29) is 16.5 Å². The van der Waals surface area contributed by atoms with E-state index in [1.807, 2.05) is 30.3 Å². The first-order valence-corrected chi connectivity index (χ1v) is 10.8. The molecule has 0 atom stereocenters. The molecular weight excluding hydrogens is 305 g/mol. The van der Waals surface area contributed by atoms with Gasteiger partial charge in [0, 0.05) is 0 Å².